The fourth-order valence-corrected chi connectivity index (χ4v) is 1.22. The fourth-order valence-electron chi connectivity index (χ4n) is 1.03. The molecule has 2 heterocycles. The van der Waals surface area contributed by atoms with Crippen molar-refractivity contribution in [3.05, 3.63) is 40.9 Å². The Balaban J connectivity index is 2.49. The molecular formula is C9H8BrN3. The number of aromatic nitrogens is 3. The Hall–Kier alpha value is -1.16. The van der Waals surface area contributed by atoms with E-state index >= 15 is 0 Å². The van der Waals surface area contributed by atoms with Crippen LogP contribution in [0.5, 0.6) is 0 Å². The van der Waals surface area contributed by atoms with Crippen LogP contribution in [-0.4, -0.2) is 14.5 Å². The summed E-state index contributed by atoms with van der Waals surface area (Å²) in [6.45, 7) is 1.94. The highest BCUT2D eigenvalue weighted by molar-refractivity contribution is 9.10. The zero-order chi connectivity index (χ0) is 9.26. The first-order valence-corrected chi connectivity index (χ1v) is 4.69. The maximum Gasteiger partial charge on any atom is 0.233 e. The lowest BCUT2D eigenvalue weighted by atomic mass is 10.5. The molecule has 0 atom stereocenters. The largest absolute Gasteiger partial charge is 0.293 e. The molecule has 0 bridgehead atoms. The third kappa shape index (κ3) is 1.62. The molecule has 0 spiro atoms. The first-order valence-electron chi connectivity index (χ1n) is 3.90. The Kier molecular flexibility index (Phi) is 2.14. The maximum absolute atomic E-state index is 4.32. The van der Waals surface area contributed by atoms with E-state index in [1.807, 2.05) is 36.0 Å². The third-order valence-corrected chi connectivity index (χ3v) is 2.52. The van der Waals surface area contributed by atoms with Crippen LogP contribution in [0.1, 0.15) is 5.69 Å². The quantitative estimate of drug-likeness (QED) is 0.763. The molecule has 0 amide bonds. The van der Waals surface area contributed by atoms with Gasteiger partial charge in [-0.2, -0.15) is 0 Å². The van der Waals surface area contributed by atoms with Crippen molar-refractivity contribution in [2.24, 2.45) is 0 Å². The Morgan fingerprint density at radius 3 is 2.62 bits per heavy atom. The van der Waals surface area contributed by atoms with Gasteiger partial charge < -0.3 is 0 Å². The molecule has 2 aromatic heterocycles. The molecule has 2 aromatic rings. The van der Waals surface area contributed by atoms with E-state index in [0.29, 0.717) is 5.95 Å². The van der Waals surface area contributed by atoms with Crippen molar-refractivity contribution in [2.45, 2.75) is 6.92 Å². The monoisotopic (exact) mass is 237 g/mol. The van der Waals surface area contributed by atoms with Gasteiger partial charge in [-0.05, 0) is 35.0 Å². The zero-order valence-corrected chi connectivity index (χ0v) is 8.69. The molecule has 0 saturated carbocycles. The van der Waals surface area contributed by atoms with Crippen LogP contribution < -0.4 is 0 Å². The van der Waals surface area contributed by atoms with Gasteiger partial charge in [0.05, 0.1) is 10.2 Å². The maximum atomic E-state index is 4.32. The summed E-state index contributed by atoms with van der Waals surface area (Å²) in [7, 11) is 0. The van der Waals surface area contributed by atoms with Crippen LogP contribution in [0.4, 0.5) is 0 Å². The van der Waals surface area contributed by atoms with Gasteiger partial charge in [0.15, 0.2) is 0 Å². The Bertz CT molecular complexity index is 409. The normalized spacial score (nSPS) is 10.3. The van der Waals surface area contributed by atoms with Crippen molar-refractivity contribution >= 4 is 15.9 Å². The smallest absolute Gasteiger partial charge is 0.233 e. The van der Waals surface area contributed by atoms with E-state index in [2.05, 4.69) is 25.9 Å². The number of hydrogen-bond donors (Lipinski definition) is 0. The van der Waals surface area contributed by atoms with Crippen LogP contribution in [-0.2, 0) is 0 Å². The summed E-state index contributed by atoms with van der Waals surface area (Å²) in [5.74, 6) is 0.700. The molecule has 0 N–H and O–H groups in total. The van der Waals surface area contributed by atoms with Gasteiger partial charge in [-0.15, -0.1) is 0 Å². The minimum Gasteiger partial charge on any atom is -0.293 e. The van der Waals surface area contributed by atoms with E-state index in [0.717, 1.165) is 10.2 Å². The summed E-state index contributed by atoms with van der Waals surface area (Å²) in [5.41, 5.74) is 0.943. The van der Waals surface area contributed by atoms with Crippen molar-refractivity contribution < 1.29 is 0 Å². The lowest BCUT2D eigenvalue weighted by molar-refractivity contribution is 0.912. The Labute approximate surface area is 84.6 Å². The van der Waals surface area contributed by atoms with Gasteiger partial charge in [-0.25, -0.2) is 9.97 Å². The summed E-state index contributed by atoms with van der Waals surface area (Å²) in [5, 5.41) is 0. The average Bonchev–Trinajstić information content (AvgIpc) is 2.62. The second kappa shape index (κ2) is 3.30. The summed E-state index contributed by atoms with van der Waals surface area (Å²) in [4.78, 5) is 8.51. The minimum atomic E-state index is 0.700. The second-order valence-electron chi connectivity index (χ2n) is 2.69. The van der Waals surface area contributed by atoms with Crippen LogP contribution in [0.3, 0.4) is 0 Å². The standard InChI is InChI=1S/C9H8BrN3/c1-7-8(10)6-11-9(12-7)13-4-2-3-5-13/h2-6H,1H3. The molecule has 4 heteroatoms. The second-order valence-corrected chi connectivity index (χ2v) is 3.55. The van der Waals surface area contributed by atoms with E-state index in [1.54, 1.807) is 6.20 Å². The predicted octanol–water partition coefficient (Wildman–Crippen LogP) is 2.34. The number of halogens is 1. The van der Waals surface area contributed by atoms with E-state index in [4.69, 9.17) is 0 Å². The van der Waals surface area contributed by atoms with Crippen molar-refractivity contribution in [1.82, 2.24) is 14.5 Å². The van der Waals surface area contributed by atoms with Gasteiger partial charge in [0, 0.05) is 18.6 Å². The first kappa shape index (κ1) is 8.44. The van der Waals surface area contributed by atoms with Crippen LogP contribution in [0.25, 0.3) is 5.95 Å². The molecule has 0 fully saturated rings. The van der Waals surface area contributed by atoms with E-state index in [-0.39, 0.29) is 0 Å². The lowest BCUT2D eigenvalue weighted by Crippen LogP contribution is -1.99. The molecule has 2 rings (SSSR count). The van der Waals surface area contributed by atoms with E-state index in [1.165, 1.54) is 0 Å². The number of hydrogen-bond acceptors (Lipinski definition) is 2. The molecule has 0 saturated heterocycles. The zero-order valence-electron chi connectivity index (χ0n) is 7.11. The molecule has 0 aliphatic heterocycles. The van der Waals surface area contributed by atoms with Gasteiger partial charge in [-0.1, -0.05) is 0 Å². The fraction of sp³-hybridized carbons (Fsp3) is 0.111. The predicted molar refractivity (Wildman–Crippen MR) is 53.8 cm³/mol. The molecule has 0 aliphatic carbocycles. The average molecular weight is 238 g/mol. The molecule has 0 unspecified atom stereocenters. The SMILES string of the molecule is Cc1nc(-n2cccc2)ncc1Br. The van der Waals surface area contributed by atoms with Gasteiger partial charge in [0.25, 0.3) is 0 Å². The summed E-state index contributed by atoms with van der Waals surface area (Å²) in [6.07, 6.45) is 5.60. The third-order valence-electron chi connectivity index (χ3n) is 1.74. The lowest BCUT2D eigenvalue weighted by Gasteiger charge is -2.02. The van der Waals surface area contributed by atoms with Crippen molar-refractivity contribution in [2.75, 3.05) is 0 Å². The van der Waals surface area contributed by atoms with Gasteiger partial charge in [0.2, 0.25) is 5.95 Å². The molecule has 3 nitrogen and oxygen atoms in total. The van der Waals surface area contributed by atoms with E-state index < -0.39 is 0 Å². The number of nitrogens with zero attached hydrogens (tertiary/aromatic N) is 3. The Morgan fingerprint density at radius 2 is 2.00 bits per heavy atom. The summed E-state index contributed by atoms with van der Waals surface area (Å²) >= 11 is 3.36. The van der Waals surface area contributed by atoms with Crippen molar-refractivity contribution in [1.29, 1.82) is 0 Å². The van der Waals surface area contributed by atoms with Crippen LogP contribution in [0.2, 0.25) is 0 Å². The molecular weight excluding hydrogens is 230 g/mol. The highest BCUT2D eigenvalue weighted by Gasteiger charge is 2.00. The van der Waals surface area contributed by atoms with E-state index in [9.17, 15) is 0 Å². The topological polar surface area (TPSA) is 30.7 Å². The number of rotatable bonds is 1. The number of aryl methyl sites for hydroxylation is 1. The summed E-state index contributed by atoms with van der Waals surface area (Å²) in [6, 6.07) is 3.89. The Morgan fingerprint density at radius 1 is 1.31 bits per heavy atom. The molecule has 66 valence electrons. The van der Waals surface area contributed by atoms with Crippen molar-refractivity contribution in [3.63, 3.8) is 0 Å². The highest BCUT2D eigenvalue weighted by atomic mass is 79.9. The minimum absolute atomic E-state index is 0.700. The van der Waals surface area contributed by atoms with Gasteiger partial charge >= 0.3 is 0 Å². The summed E-state index contributed by atoms with van der Waals surface area (Å²) < 4.78 is 2.81. The molecule has 0 aliphatic rings. The molecule has 0 radical (unpaired) electrons. The van der Waals surface area contributed by atoms with Crippen LogP contribution in [0, 0.1) is 6.92 Å². The van der Waals surface area contributed by atoms with Crippen LogP contribution in [0.15, 0.2) is 35.2 Å². The van der Waals surface area contributed by atoms with Gasteiger partial charge in [-0.3, -0.25) is 4.57 Å². The highest BCUT2D eigenvalue weighted by Crippen LogP contribution is 2.13. The van der Waals surface area contributed by atoms with Crippen LogP contribution >= 0.6 is 15.9 Å². The molecule has 13 heavy (non-hydrogen) atoms. The molecule has 0 aromatic carbocycles. The van der Waals surface area contributed by atoms with Crippen molar-refractivity contribution in [3.8, 4) is 5.95 Å². The first-order chi connectivity index (χ1) is 6.27. The van der Waals surface area contributed by atoms with Gasteiger partial charge in [0.1, 0.15) is 0 Å².